The summed E-state index contributed by atoms with van der Waals surface area (Å²) in [6, 6.07) is 6.80. The van der Waals surface area contributed by atoms with Crippen LogP contribution in [-0.2, 0) is 10.0 Å². The SMILES string of the molecule is Cc1ccc(C#N)cc1S(=O)(=O)N1CCN(C)C(C)(C)C1. The second-order valence-electron chi connectivity index (χ2n) is 6.16. The number of nitriles is 1. The molecule has 0 aromatic heterocycles. The number of likely N-dealkylation sites (N-methyl/N-ethyl adjacent to an activating group) is 1. The van der Waals surface area contributed by atoms with E-state index in [1.54, 1.807) is 19.1 Å². The van der Waals surface area contributed by atoms with Crippen LogP contribution in [0.25, 0.3) is 0 Å². The van der Waals surface area contributed by atoms with E-state index >= 15 is 0 Å². The van der Waals surface area contributed by atoms with Crippen molar-refractivity contribution in [2.45, 2.75) is 31.2 Å². The van der Waals surface area contributed by atoms with Crippen molar-refractivity contribution >= 4 is 10.0 Å². The standard InChI is InChI=1S/C15H21N3O2S/c1-12-5-6-13(10-16)9-14(12)21(19,20)18-8-7-17(4)15(2,3)11-18/h5-6,9H,7-8,11H2,1-4H3. The molecule has 0 saturated carbocycles. The maximum absolute atomic E-state index is 12.9. The lowest BCUT2D eigenvalue weighted by Gasteiger charge is -2.44. The van der Waals surface area contributed by atoms with E-state index in [0.717, 1.165) is 0 Å². The largest absolute Gasteiger partial charge is 0.299 e. The summed E-state index contributed by atoms with van der Waals surface area (Å²) in [5.74, 6) is 0. The number of rotatable bonds is 2. The lowest BCUT2D eigenvalue weighted by Crippen LogP contribution is -2.58. The molecule has 0 amide bonds. The number of benzene rings is 1. The predicted molar refractivity (Wildman–Crippen MR) is 81.4 cm³/mol. The zero-order valence-corrected chi connectivity index (χ0v) is 13.7. The highest BCUT2D eigenvalue weighted by molar-refractivity contribution is 7.89. The molecule has 1 heterocycles. The fourth-order valence-electron chi connectivity index (χ4n) is 2.49. The third-order valence-electron chi connectivity index (χ3n) is 4.22. The van der Waals surface area contributed by atoms with Gasteiger partial charge >= 0.3 is 0 Å². The molecule has 0 spiro atoms. The highest BCUT2D eigenvalue weighted by Gasteiger charge is 2.37. The predicted octanol–water partition coefficient (Wildman–Crippen LogP) is 1.58. The second-order valence-corrected chi connectivity index (χ2v) is 8.07. The Morgan fingerprint density at radius 2 is 1.95 bits per heavy atom. The Labute approximate surface area is 126 Å². The van der Waals surface area contributed by atoms with Crippen LogP contribution in [0.5, 0.6) is 0 Å². The maximum atomic E-state index is 12.9. The van der Waals surface area contributed by atoms with E-state index in [-0.39, 0.29) is 10.4 Å². The molecule has 1 aromatic rings. The number of nitrogens with zero attached hydrogens (tertiary/aromatic N) is 3. The molecule has 114 valence electrons. The van der Waals surface area contributed by atoms with Crippen LogP contribution < -0.4 is 0 Å². The van der Waals surface area contributed by atoms with E-state index in [1.807, 2.05) is 27.0 Å². The molecule has 0 atom stereocenters. The molecule has 0 unspecified atom stereocenters. The van der Waals surface area contributed by atoms with Crippen LogP contribution in [0.3, 0.4) is 0 Å². The van der Waals surface area contributed by atoms with E-state index in [9.17, 15) is 8.42 Å². The molecule has 1 fully saturated rings. The van der Waals surface area contributed by atoms with Crippen LogP contribution in [-0.4, -0.2) is 49.8 Å². The number of sulfonamides is 1. The van der Waals surface area contributed by atoms with Gasteiger partial charge in [0, 0.05) is 25.2 Å². The van der Waals surface area contributed by atoms with Gasteiger partial charge in [-0.1, -0.05) is 6.07 Å². The van der Waals surface area contributed by atoms with Crippen LogP contribution >= 0.6 is 0 Å². The van der Waals surface area contributed by atoms with E-state index in [0.29, 0.717) is 30.8 Å². The molecule has 1 aliphatic heterocycles. The van der Waals surface area contributed by atoms with Crippen LogP contribution in [0.2, 0.25) is 0 Å². The molecule has 0 N–H and O–H groups in total. The van der Waals surface area contributed by atoms with Gasteiger partial charge in [-0.2, -0.15) is 9.57 Å². The summed E-state index contributed by atoms with van der Waals surface area (Å²) in [6.07, 6.45) is 0. The van der Waals surface area contributed by atoms with E-state index in [2.05, 4.69) is 4.90 Å². The lowest BCUT2D eigenvalue weighted by molar-refractivity contribution is 0.0801. The Kier molecular flexibility index (Phi) is 4.11. The topological polar surface area (TPSA) is 64.4 Å². The van der Waals surface area contributed by atoms with Crippen molar-refractivity contribution in [2.75, 3.05) is 26.7 Å². The zero-order valence-electron chi connectivity index (χ0n) is 12.9. The minimum atomic E-state index is -3.56. The Hall–Kier alpha value is -1.42. The summed E-state index contributed by atoms with van der Waals surface area (Å²) in [4.78, 5) is 2.40. The zero-order chi connectivity index (χ0) is 15.8. The molecular formula is C15H21N3O2S. The van der Waals surface area contributed by atoms with Gasteiger partial charge < -0.3 is 0 Å². The summed E-state index contributed by atoms with van der Waals surface area (Å²) < 4.78 is 27.3. The Bertz CT molecular complexity index is 689. The Balaban J connectivity index is 2.42. The number of hydrogen-bond donors (Lipinski definition) is 0. The van der Waals surface area contributed by atoms with Crippen molar-refractivity contribution in [1.29, 1.82) is 5.26 Å². The third kappa shape index (κ3) is 2.95. The molecule has 6 heteroatoms. The molecule has 1 aliphatic rings. The highest BCUT2D eigenvalue weighted by Crippen LogP contribution is 2.27. The molecule has 0 radical (unpaired) electrons. The average Bonchev–Trinajstić information content (AvgIpc) is 2.42. The van der Waals surface area contributed by atoms with Gasteiger partial charge in [0.1, 0.15) is 0 Å². The first-order chi connectivity index (χ1) is 9.68. The molecule has 1 saturated heterocycles. The smallest absolute Gasteiger partial charge is 0.243 e. The quantitative estimate of drug-likeness (QED) is 0.832. The van der Waals surface area contributed by atoms with Gasteiger partial charge in [0.05, 0.1) is 16.5 Å². The minimum absolute atomic E-state index is 0.202. The number of hydrogen-bond acceptors (Lipinski definition) is 4. The number of piperazine rings is 1. The summed E-state index contributed by atoms with van der Waals surface area (Å²) in [5, 5.41) is 8.98. The minimum Gasteiger partial charge on any atom is -0.299 e. The Morgan fingerprint density at radius 1 is 1.29 bits per heavy atom. The van der Waals surface area contributed by atoms with Crippen LogP contribution in [0.1, 0.15) is 25.0 Å². The van der Waals surface area contributed by atoms with Crippen LogP contribution in [0.15, 0.2) is 23.1 Å². The van der Waals surface area contributed by atoms with Gasteiger partial charge in [0.2, 0.25) is 10.0 Å². The van der Waals surface area contributed by atoms with Crippen molar-refractivity contribution in [3.8, 4) is 6.07 Å². The fourth-order valence-corrected chi connectivity index (χ4v) is 4.32. The summed E-state index contributed by atoms with van der Waals surface area (Å²) in [7, 11) is -1.56. The summed E-state index contributed by atoms with van der Waals surface area (Å²) in [6.45, 7) is 7.44. The van der Waals surface area contributed by atoms with Crippen molar-refractivity contribution in [1.82, 2.24) is 9.21 Å². The van der Waals surface area contributed by atoms with Crippen molar-refractivity contribution < 1.29 is 8.42 Å². The fraction of sp³-hybridized carbons (Fsp3) is 0.533. The van der Waals surface area contributed by atoms with E-state index in [4.69, 9.17) is 5.26 Å². The first kappa shape index (κ1) is 16.0. The molecule has 0 aliphatic carbocycles. The summed E-state index contributed by atoms with van der Waals surface area (Å²) >= 11 is 0. The highest BCUT2D eigenvalue weighted by atomic mass is 32.2. The first-order valence-corrected chi connectivity index (χ1v) is 8.34. The molecule has 2 rings (SSSR count). The van der Waals surface area contributed by atoms with E-state index < -0.39 is 10.0 Å². The maximum Gasteiger partial charge on any atom is 0.243 e. The third-order valence-corrected chi connectivity index (χ3v) is 6.20. The van der Waals surface area contributed by atoms with Crippen LogP contribution in [0, 0.1) is 18.3 Å². The van der Waals surface area contributed by atoms with E-state index in [1.165, 1.54) is 10.4 Å². The van der Waals surface area contributed by atoms with Gasteiger partial charge in [-0.05, 0) is 45.5 Å². The summed E-state index contributed by atoms with van der Waals surface area (Å²) in [5.41, 5.74) is 0.838. The first-order valence-electron chi connectivity index (χ1n) is 6.90. The Morgan fingerprint density at radius 3 is 2.52 bits per heavy atom. The van der Waals surface area contributed by atoms with Crippen molar-refractivity contribution in [3.63, 3.8) is 0 Å². The van der Waals surface area contributed by atoms with Gasteiger partial charge in [-0.15, -0.1) is 0 Å². The number of aryl methyl sites for hydroxylation is 1. The molecule has 5 nitrogen and oxygen atoms in total. The van der Waals surface area contributed by atoms with Gasteiger partial charge in [0.15, 0.2) is 0 Å². The molecule has 0 bridgehead atoms. The second kappa shape index (κ2) is 5.41. The van der Waals surface area contributed by atoms with Gasteiger partial charge in [-0.3, -0.25) is 4.90 Å². The molecule has 21 heavy (non-hydrogen) atoms. The lowest BCUT2D eigenvalue weighted by atomic mass is 10.0. The normalized spacial score (nSPS) is 20.1. The average molecular weight is 307 g/mol. The monoisotopic (exact) mass is 307 g/mol. The molecule has 1 aromatic carbocycles. The van der Waals surface area contributed by atoms with Crippen molar-refractivity contribution in [2.24, 2.45) is 0 Å². The van der Waals surface area contributed by atoms with Crippen molar-refractivity contribution in [3.05, 3.63) is 29.3 Å². The van der Waals surface area contributed by atoms with Crippen LogP contribution in [0.4, 0.5) is 0 Å². The van der Waals surface area contributed by atoms with Gasteiger partial charge in [0.25, 0.3) is 0 Å². The van der Waals surface area contributed by atoms with Gasteiger partial charge in [-0.25, -0.2) is 8.42 Å². The molecular weight excluding hydrogens is 286 g/mol.